The fourth-order valence-corrected chi connectivity index (χ4v) is 3.78. The summed E-state index contributed by atoms with van der Waals surface area (Å²) in [5.74, 6) is -7.01. The molecule has 5 atom stereocenters. The molecule has 0 aromatic carbocycles. The third-order valence-electron chi connectivity index (χ3n) is 6.37. The van der Waals surface area contributed by atoms with Crippen molar-refractivity contribution >= 4 is 47.6 Å². The van der Waals surface area contributed by atoms with Crippen LogP contribution < -0.4 is 31.9 Å². The highest BCUT2D eigenvalue weighted by molar-refractivity contribution is 5.93. The number of hydrogen-bond acceptors (Lipinski definition) is 11. The molecule has 0 heterocycles. The van der Waals surface area contributed by atoms with Gasteiger partial charge in [0.1, 0.15) is 35.8 Å². The van der Waals surface area contributed by atoms with Crippen molar-refractivity contribution in [1.29, 1.82) is 0 Å². The van der Waals surface area contributed by atoms with E-state index in [0.717, 1.165) is 14.2 Å². The van der Waals surface area contributed by atoms with Gasteiger partial charge in [-0.25, -0.2) is 14.4 Å². The van der Waals surface area contributed by atoms with Crippen LogP contribution in [0.1, 0.15) is 73.6 Å². The van der Waals surface area contributed by atoms with Crippen LogP contribution in [0, 0.1) is 0 Å². The maximum Gasteiger partial charge on any atom is 0.471 e. The zero-order valence-corrected chi connectivity index (χ0v) is 28.8. The Kier molecular flexibility index (Phi) is 18.7. The Balaban J connectivity index is 5.53. The van der Waals surface area contributed by atoms with E-state index in [4.69, 9.17) is 9.47 Å². The van der Waals surface area contributed by atoms with Crippen molar-refractivity contribution in [2.24, 2.45) is 0 Å². The number of halogens is 3. The Bertz CT molecular complexity index is 1190. The first-order valence-electron chi connectivity index (χ1n) is 15.2. The molecule has 0 radical (unpaired) electrons. The van der Waals surface area contributed by atoms with E-state index in [-0.39, 0.29) is 32.2 Å². The Morgan fingerprint density at radius 2 is 1.16 bits per heavy atom. The van der Waals surface area contributed by atoms with Crippen molar-refractivity contribution < 1.29 is 65.7 Å². The van der Waals surface area contributed by atoms with Gasteiger partial charge < -0.3 is 46.1 Å². The van der Waals surface area contributed by atoms with Gasteiger partial charge in [-0.05, 0) is 67.2 Å². The first kappa shape index (κ1) is 44.4. The predicted octanol–water partition coefficient (Wildman–Crippen LogP) is -0.146. The number of alkyl halides is 3. The van der Waals surface area contributed by atoms with E-state index in [1.54, 1.807) is 26.1 Å². The van der Waals surface area contributed by atoms with Gasteiger partial charge in [0.05, 0.1) is 14.2 Å². The molecule has 0 aromatic heterocycles. The number of amides is 6. The highest BCUT2D eigenvalue weighted by atomic mass is 19.4. The second kappa shape index (κ2) is 20.7. The molecule has 0 aliphatic carbocycles. The lowest BCUT2D eigenvalue weighted by Gasteiger charge is -2.24. The Hall–Kier alpha value is -4.65. The van der Waals surface area contributed by atoms with Crippen molar-refractivity contribution in [3.05, 3.63) is 0 Å². The number of esters is 2. The molecule has 0 spiro atoms. The Morgan fingerprint density at radius 3 is 1.69 bits per heavy atom. The van der Waals surface area contributed by atoms with Crippen LogP contribution in [0.4, 0.5) is 18.0 Å². The van der Waals surface area contributed by atoms with Gasteiger partial charge in [0.2, 0.25) is 23.6 Å². The minimum Gasteiger partial charge on any atom is -0.467 e. The summed E-state index contributed by atoms with van der Waals surface area (Å²) in [7, 11) is 2.16. The zero-order valence-electron chi connectivity index (χ0n) is 28.8. The number of alkyl carbamates (subject to hydrolysis) is 1. The van der Waals surface area contributed by atoms with E-state index in [2.05, 4.69) is 31.3 Å². The van der Waals surface area contributed by atoms with E-state index in [1.807, 2.05) is 0 Å². The largest absolute Gasteiger partial charge is 0.471 e. The third kappa shape index (κ3) is 18.5. The minimum atomic E-state index is -5.08. The van der Waals surface area contributed by atoms with Gasteiger partial charge >= 0.3 is 30.1 Å². The fraction of sp³-hybridized carbons (Fsp3) is 0.724. The predicted molar refractivity (Wildman–Crippen MR) is 164 cm³/mol. The van der Waals surface area contributed by atoms with Crippen LogP contribution in [0.3, 0.4) is 0 Å². The molecule has 49 heavy (non-hydrogen) atoms. The van der Waals surface area contributed by atoms with Gasteiger partial charge in [-0.2, -0.15) is 13.2 Å². The highest BCUT2D eigenvalue weighted by Gasteiger charge is 2.38. The monoisotopic (exact) mass is 712 g/mol. The van der Waals surface area contributed by atoms with E-state index in [9.17, 15) is 51.5 Å². The van der Waals surface area contributed by atoms with Crippen molar-refractivity contribution in [3.8, 4) is 0 Å². The molecule has 6 amide bonds. The second-order valence-electron chi connectivity index (χ2n) is 11.8. The van der Waals surface area contributed by atoms with Gasteiger partial charge in [0.15, 0.2) is 0 Å². The van der Waals surface area contributed by atoms with Gasteiger partial charge in [-0.1, -0.05) is 0 Å². The van der Waals surface area contributed by atoms with Crippen LogP contribution in [0.5, 0.6) is 0 Å². The van der Waals surface area contributed by atoms with Crippen LogP contribution in [-0.4, -0.2) is 110 Å². The van der Waals surface area contributed by atoms with Crippen LogP contribution in [0.15, 0.2) is 0 Å². The van der Waals surface area contributed by atoms with E-state index in [1.165, 1.54) is 20.8 Å². The number of unbranched alkanes of at least 4 members (excludes halogenated alkanes) is 1. The quantitative estimate of drug-likeness (QED) is 0.0621. The normalized spacial score (nSPS) is 14.3. The second-order valence-corrected chi connectivity index (χ2v) is 11.8. The van der Waals surface area contributed by atoms with Crippen LogP contribution >= 0.6 is 0 Å². The van der Waals surface area contributed by atoms with Crippen LogP contribution in [-0.2, 0) is 47.8 Å². The number of methoxy groups -OCH3 is 2. The number of carbonyl (C=O) groups excluding carboxylic acids is 8. The van der Waals surface area contributed by atoms with Gasteiger partial charge in [-0.15, -0.1) is 0 Å². The zero-order chi connectivity index (χ0) is 38.1. The SMILES string of the molecule is COC(=O)[C@@H](C)NC(=O)C(C)NC(=O)C(CCCCNC(=O)C(F)(F)F)NC(=O)CC[C@@H](NC(=O)[C@H](C)NC(=O)OC(C)(C)C)C(=O)OC. The first-order chi connectivity index (χ1) is 22.5. The molecule has 0 fully saturated rings. The number of nitrogens with one attached hydrogen (secondary N) is 6. The molecule has 0 aromatic rings. The average Bonchev–Trinajstić information content (AvgIpc) is 2.99. The minimum absolute atomic E-state index is 0.0138. The standard InChI is InChI=1S/C29H47F3N6O11/c1-15(21(40)35-17(3)24(43)47-7)34-23(42)18(11-9-10-14-33-26(45)29(30,31)32)37-20(39)13-12-19(25(44)48-8)38-22(41)16(2)36-27(46)49-28(4,5)6/h15-19H,9-14H2,1-8H3,(H,33,45)(H,34,42)(H,35,40)(H,36,46)(H,37,39)(H,38,41)/t15?,16-,17+,18?,19+/m0/s1. The van der Waals surface area contributed by atoms with Crippen LogP contribution in [0.25, 0.3) is 0 Å². The van der Waals surface area contributed by atoms with Crippen molar-refractivity contribution in [2.45, 2.75) is 116 Å². The first-order valence-corrected chi connectivity index (χ1v) is 15.2. The number of rotatable bonds is 18. The van der Waals surface area contributed by atoms with Crippen molar-refractivity contribution in [1.82, 2.24) is 31.9 Å². The van der Waals surface area contributed by atoms with Gasteiger partial charge in [0, 0.05) is 13.0 Å². The lowest BCUT2D eigenvalue weighted by Crippen LogP contribution is -2.54. The molecule has 2 unspecified atom stereocenters. The fourth-order valence-electron chi connectivity index (χ4n) is 3.78. The molecule has 0 saturated heterocycles. The lowest BCUT2D eigenvalue weighted by molar-refractivity contribution is -0.173. The number of ether oxygens (including phenoxy) is 3. The van der Waals surface area contributed by atoms with E-state index >= 15 is 0 Å². The van der Waals surface area contributed by atoms with Crippen molar-refractivity contribution in [3.63, 3.8) is 0 Å². The molecule has 20 heteroatoms. The van der Waals surface area contributed by atoms with Crippen molar-refractivity contribution in [2.75, 3.05) is 20.8 Å². The Labute approximate surface area is 281 Å². The highest BCUT2D eigenvalue weighted by Crippen LogP contribution is 2.14. The summed E-state index contributed by atoms with van der Waals surface area (Å²) in [4.78, 5) is 98.0. The smallest absolute Gasteiger partial charge is 0.467 e. The summed E-state index contributed by atoms with van der Waals surface area (Å²) in [6, 6.07) is -6.09. The average molecular weight is 713 g/mol. The molecule has 0 saturated carbocycles. The third-order valence-corrected chi connectivity index (χ3v) is 6.37. The van der Waals surface area contributed by atoms with Gasteiger partial charge in [0.25, 0.3) is 0 Å². The maximum absolute atomic E-state index is 13.1. The number of hydrogen-bond donors (Lipinski definition) is 6. The molecular formula is C29H47F3N6O11. The molecule has 0 bridgehead atoms. The van der Waals surface area contributed by atoms with E-state index in [0.29, 0.717) is 0 Å². The summed E-state index contributed by atoms with van der Waals surface area (Å²) in [6.07, 6.45) is -6.83. The lowest BCUT2D eigenvalue weighted by atomic mass is 10.1. The van der Waals surface area contributed by atoms with Gasteiger partial charge in [-0.3, -0.25) is 24.0 Å². The summed E-state index contributed by atoms with van der Waals surface area (Å²) >= 11 is 0. The molecule has 17 nitrogen and oxygen atoms in total. The molecular weight excluding hydrogens is 665 g/mol. The van der Waals surface area contributed by atoms with E-state index < -0.39 is 96.0 Å². The summed E-state index contributed by atoms with van der Waals surface area (Å²) < 4.78 is 51.6. The van der Waals surface area contributed by atoms with Crippen LogP contribution in [0.2, 0.25) is 0 Å². The summed E-state index contributed by atoms with van der Waals surface area (Å²) in [5.41, 5.74) is -0.840. The summed E-state index contributed by atoms with van der Waals surface area (Å²) in [5, 5.41) is 13.5. The molecule has 280 valence electrons. The topological polar surface area (TPSA) is 236 Å². The molecule has 0 aliphatic rings. The molecule has 0 rings (SSSR count). The molecule has 6 N–H and O–H groups in total. The molecule has 0 aliphatic heterocycles. The maximum atomic E-state index is 13.1. The number of carbonyl (C=O) groups is 8. The summed E-state index contributed by atoms with van der Waals surface area (Å²) in [6.45, 7) is 8.45. The Morgan fingerprint density at radius 1 is 0.633 bits per heavy atom.